The molecule has 0 amide bonds. The summed E-state index contributed by atoms with van der Waals surface area (Å²) in [5.74, 6) is -0.539. The van der Waals surface area contributed by atoms with Crippen LogP contribution in [0.15, 0.2) is 18.2 Å². The number of carbonyl (C=O) groups excluding carboxylic acids is 1. The van der Waals surface area contributed by atoms with Crippen LogP contribution in [0.5, 0.6) is 6.01 Å². The molecule has 0 saturated heterocycles. The van der Waals surface area contributed by atoms with Crippen molar-refractivity contribution in [3.63, 3.8) is 0 Å². The summed E-state index contributed by atoms with van der Waals surface area (Å²) in [6.07, 6.45) is -5.32. The number of nitrogens with zero attached hydrogens (tertiary/aromatic N) is 4. The Kier molecular flexibility index (Phi) is 5.30. The van der Waals surface area contributed by atoms with Crippen molar-refractivity contribution >= 4 is 17.5 Å². The standard InChI is InChI=1S/C18H16F4N4O2/c1-10-15-16(25-17(23-10)28-2)26(14(24-15)5-6-18(20,21)22)8-12-4-3-11(9-27)7-13(12)19/h3-4,7,9H,5-6,8H2,1-2H3. The van der Waals surface area contributed by atoms with E-state index in [-0.39, 0.29) is 35.2 Å². The summed E-state index contributed by atoms with van der Waals surface area (Å²) < 4.78 is 58.9. The number of hydrogen-bond acceptors (Lipinski definition) is 5. The molecular formula is C18H16F4N4O2. The Balaban J connectivity index is 2.11. The zero-order valence-corrected chi connectivity index (χ0v) is 15.0. The van der Waals surface area contributed by atoms with Crippen LogP contribution in [-0.4, -0.2) is 39.1 Å². The Hall–Kier alpha value is -3.04. The number of rotatable bonds is 6. The lowest BCUT2D eigenvalue weighted by atomic mass is 10.1. The fraction of sp³-hybridized carbons (Fsp3) is 0.333. The van der Waals surface area contributed by atoms with Gasteiger partial charge in [-0.3, -0.25) is 4.79 Å². The van der Waals surface area contributed by atoms with E-state index >= 15 is 0 Å². The number of aromatic nitrogens is 4. The fourth-order valence-corrected chi connectivity index (χ4v) is 2.79. The number of ether oxygens (including phenoxy) is 1. The lowest BCUT2D eigenvalue weighted by molar-refractivity contribution is -0.134. The van der Waals surface area contributed by atoms with Crippen LogP contribution in [0.1, 0.15) is 33.9 Å². The summed E-state index contributed by atoms with van der Waals surface area (Å²) in [6, 6.07) is 3.94. The summed E-state index contributed by atoms with van der Waals surface area (Å²) in [5.41, 5.74) is 1.36. The number of halogens is 4. The molecule has 10 heteroatoms. The molecule has 0 radical (unpaired) electrons. The topological polar surface area (TPSA) is 69.9 Å². The van der Waals surface area contributed by atoms with Gasteiger partial charge in [0.05, 0.1) is 25.8 Å². The largest absolute Gasteiger partial charge is 0.467 e. The second kappa shape index (κ2) is 7.53. The molecule has 1 aromatic carbocycles. The molecule has 0 aliphatic carbocycles. The molecule has 2 aromatic heterocycles. The predicted molar refractivity (Wildman–Crippen MR) is 91.9 cm³/mol. The minimum absolute atomic E-state index is 0.0327. The van der Waals surface area contributed by atoms with Crippen LogP contribution in [0.2, 0.25) is 0 Å². The average Bonchev–Trinajstić information content (AvgIpc) is 2.99. The summed E-state index contributed by atoms with van der Waals surface area (Å²) in [6.45, 7) is 1.53. The Labute approximate surface area is 157 Å². The molecule has 2 heterocycles. The molecular weight excluding hydrogens is 380 g/mol. The van der Waals surface area contributed by atoms with E-state index in [0.29, 0.717) is 17.5 Å². The minimum atomic E-state index is -4.36. The van der Waals surface area contributed by atoms with Crippen molar-refractivity contribution in [1.82, 2.24) is 19.5 Å². The minimum Gasteiger partial charge on any atom is -0.467 e. The van der Waals surface area contributed by atoms with Gasteiger partial charge in [-0.15, -0.1) is 0 Å². The molecule has 0 fully saturated rings. The third kappa shape index (κ3) is 4.10. The lowest BCUT2D eigenvalue weighted by Gasteiger charge is -2.11. The lowest BCUT2D eigenvalue weighted by Crippen LogP contribution is -2.13. The van der Waals surface area contributed by atoms with Gasteiger partial charge in [0.1, 0.15) is 23.4 Å². The highest BCUT2D eigenvalue weighted by Gasteiger charge is 2.28. The second-order valence-electron chi connectivity index (χ2n) is 6.17. The van der Waals surface area contributed by atoms with Crippen molar-refractivity contribution in [2.45, 2.75) is 32.5 Å². The number of methoxy groups -OCH3 is 1. The van der Waals surface area contributed by atoms with E-state index in [1.807, 2.05) is 0 Å². The van der Waals surface area contributed by atoms with E-state index < -0.39 is 24.8 Å². The fourth-order valence-electron chi connectivity index (χ4n) is 2.79. The maximum absolute atomic E-state index is 14.3. The van der Waals surface area contributed by atoms with E-state index in [0.717, 1.165) is 6.07 Å². The quantitative estimate of drug-likeness (QED) is 0.470. The molecule has 28 heavy (non-hydrogen) atoms. The number of alkyl halides is 3. The Bertz CT molecular complexity index is 1030. The van der Waals surface area contributed by atoms with E-state index in [9.17, 15) is 22.4 Å². The van der Waals surface area contributed by atoms with Crippen molar-refractivity contribution in [1.29, 1.82) is 0 Å². The molecule has 3 aromatic rings. The van der Waals surface area contributed by atoms with Gasteiger partial charge in [0.25, 0.3) is 0 Å². The molecule has 0 spiro atoms. The van der Waals surface area contributed by atoms with E-state index in [1.165, 1.54) is 23.8 Å². The van der Waals surface area contributed by atoms with Crippen LogP contribution < -0.4 is 4.74 Å². The van der Waals surface area contributed by atoms with E-state index in [1.54, 1.807) is 6.92 Å². The number of aldehydes is 1. The van der Waals surface area contributed by atoms with Gasteiger partial charge in [-0.1, -0.05) is 12.1 Å². The number of fused-ring (bicyclic) bond motifs is 1. The van der Waals surface area contributed by atoms with Gasteiger partial charge < -0.3 is 9.30 Å². The predicted octanol–water partition coefficient (Wildman–Crippen LogP) is 3.64. The highest BCUT2D eigenvalue weighted by atomic mass is 19.4. The summed E-state index contributed by atoms with van der Waals surface area (Å²) >= 11 is 0. The van der Waals surface area contributed by atoms with Gasteiger partial charge in [-0.25, -0.2) is 9.37 Å². The second-order valence-corrected chi connectivity index (χ2v) is 6.17. The van der Waals surface area contributed by atoms with Crippen molar-refractivity contribution in [2.24, 2.45) is 0 Å². The molecule has 0 atom stereocenters. The summed E-state index contributed by atoms with van der Waals surface area (Å²) in [4.78, 5) is 23.3. The Morgan fingerprint density at radius 1 is 1.21 bits per heavy atom. The third-order valence-corrected chi connectivity index (χ3v) is 4.18. The van der Waals surface area contributed by atoms with Gasteiger partial charge in [-0.05, 0) is 13.0 Å². The highest BCUT2D eigenvalue weighted by Crippen LogP contribution is 2.26. The first-order valence-electron chi connectivity index (χ1n) is 8.30. The Morgan fingerprint density at radius 3 is 2.57 bits per heavy atom. The highest BCUT2D eigenvalue weighted by molar-refractivity contribution is 5.75. The monoisotopic (exact) mass is 396 g/mol. The number of aryl methyl sites for hydroxylation is 2. The van der Waals surface area contributed by atoms with Gasteiger partial charge >= 0.3 is 12.2 Å². The molecule has 148 valence electrons. The smallest absolute Gasteiger partial charge is 0.389 e. The maximum Gasteiger partial charge on any atom is 0.389 e. The van der Waals surface area contributed by atoms with E-state index in [2.05, 4.69) is 15.0 Å². The van der Waals surface area contributed by atoms with Crippen molar-refractivity contribution < 1.29 is 27.1 Å². The van der Waals surface area contributed by atoms with Crippen LogP contribution in [0.25, 0.3) is 11.2 Å². The molecule has 0 unspecified atom stereocenters. The van der Waals surface area contributed by atoms with Crippen molar-refractivity contribution in [3.05, 3.63) is 46.7 Å². The first-order valence-corrected chi connectivity index (χ1v) is 8.30. The van der Waals surface area contributed by atoms with Crippen LogP contribution in [0, 0.1) is 12.7 Å². The third-order valence-electron chi connectivity index (χ3n) is 4.18. The Morgan fingerprint density at radius 2 is 1.96 bits per heavy atom. The van der Waals surface area contributed by atoms with Gasteiger partial charge in [-0.2, -0.15) is 23.1 Å². The van der Waals surface area contributed by atoms with Crippen LogP contribution in [-0.2, 0) is 13.0 Å². The first-order chi connectivity index (χ1) is 13.2. The zero-order valence-electron chi connectivity index (χ0n) is 15.0. The maximum atomic E-state index is 14.3. The molecule has 0 N–H and O–H groups in total. The summed E-state index contributed by atoms with van der Waals surface area (Å²) in [5, 5.41) is 0. The number of imidazole rings is 1. The van der Waals surface area contributed by atoms with E-state index in [4.69, 9.17) is 4.74 Å². The SMILES string of the molecule is COc1nc(C)c2nc(CCC(F)(F)F)n(Cc3ccc(C=O)cc3F)c2n1. The molecule has 0 aliphatic heterocycles. The van der Waals surface area contributed by atoms with Gasteiger partial charge in [0.2, 0.25) is 0 Å². The molecule has 0 saturated carbocycles. The van der Waals surface area contributed by atoms with Crippen molar-refractivity contribution in [3.8, 4) is 6.01 Å². The van der Waals surface area contributed by atoms with Crippen LogP contribution in [0.4, 0.5) is 17.6 Å². The van der Waals surface area contributed by atoms with Gasteiger partial charge in [0.15, 0.2) is 5.65 Å². The average molecular weight is 396 g/mol. The molecule has 6 nitrogen and oxygen atoms in total. The normalized spacial score (nSPS) is 11.8. The van der Waals surface area contributed by atoms with Crippen LogP contribution in [0.3, 0.4) is 0 Å². The molecule has 0 bridgehead atoms. The molecule has 0 aliphatic rings. The van der Waals surface area contributed by atoms with Crippen molar-refractivity contribution in [2.75, 3.05) is 7.11 Å². The number of carbonyl (C=O) groups is 1. The number of benzene rings is 1. The van der Waals surface area contributed by atoms with Crippen LogP contribution >= 0.6 is 0 Å². The summed E-state index contributed by atoms with van der Waals surface area (Å²) in [7, 11) is 1.36. The molecule has 3 rings (SSSR count). The van der Waals surface area contributed by atoms with Gasteiger partial charge in [0, 0.05) is 17.5 Å². The first kappa shape index (κ1) is 19.7. The zero-order chi connectivity index (χ0) is 20.5. The number of hydrogen-bond donors (Lipinski definition) is 0.